The Hall–Kier alpha value is -4.60. The number of hydrogen-bond donors (Lipinski definition) is 2. The Morgan fingerprint density at radius 3 is 2.24 bits per heavy atom. The topological polar surface area (TPSA) is 113 Å². The SMILES string of the molecule is COc1cc([C@@H]2c3cc4c(cc3[C@@H](Nc3c(Cl)cccc3C(=O)c3ccc(Cl)cc3)[C@H]3COC(=O)[C@H]23)OCO4)cc(OC)c1O. The van der Waals surface area contributed by atoms with Crippen LogP contribution in [0.25, 0.3) is 0 Å². The number of hydrogen-bond acceptors (Lipinski definition) is 9. The second-order valence-corrected chi connectivity index (χ2v) is 11.9. The molecule has 0 bridgehead atoms. The van der Waals surface area contributed by atoms with Crippen LogP contribution in [0.1, 0.15) is 44.6 Å². The highest BCUT2D eigenvalue weighted by Crippen LogP contribution is 2.56. The zero-order valence-electron chi connectivity index (χ0n) is 24.1. The minimum absolute atomic E-state index is 0.0565. The van der Waals surface area contributed by atoms with Gasteiger partial charge in [-0.3, -0.25) is 9.59 Å². The number of aromatic hydroxyl groups is 1. The number of phenols is 1. The average molecular weight is 648 g/mol. The third kappa shape index (κ3) is 4.87. The van der Waals surface area contributed by atoms with Crippen molar-refractivity contribution < 1.29 is 38.4 Å². The summed E-state index contributed by atoms with van der Waals surface area (Å²) in [5.74, 6) is -0.797. The van der Waals surface area contributed by atoms with E-state index in [0.717, 1.165) is 11.1 Å². The molecular weight excluding hydrogens is 621 g/mol. The van der Waals surface area contributed by atoms with E-state index in [1.807, 2.05) is 12.1 Å². The van der Waals surface area contributed by atoms with E-state index in [9.17, 15) is 14.7 Å². The molecule has 0 spiro atoms. The summed E-state index contributed by atoms with van der Waals surface area (Å²) in [6.07, 6.45) is 0. The highest BCUT2D eigenvalue weighted by molar-refractivity contribution is 6.34. The van der Waals surface area contributed by atoms with E-state index in [-0.39, 0.29) is 48.3 Å². The van der Waals surface area contributed by atoms with Crippen LogP contribution >= 0.6 is 23.2 Å². The van der Waals surface area contributed by atoms with Gasteiger partial charge in [-0.1, -0.05) is 29.3 Å². The molecule has 2 N–H and O–H groups in total. The van der Waals surface area contributed by atoms with E-state index in [4.69, 9.17) is 46.9 Å². The Balaban J connectivity index is 1.39. The first-order chi connectivity index (χ1) is 21.8. The van der Waals surface area contributed by atoms with Crippen LogP contribution in [0.2, 0.25) is 10.0 Å². The minimum Gasteiger partial charge on any atom is -0.502 e. The largest absolute Gasteiger partial charge is 0.502 e. The number of ether oxygens (including phenoxy) is 5. The molecule has 0 unspecified atom stereocenters. The van der Waals surface area contributed by atoms with E-state index in [1.54, 1.807) is 54.6 Å². The molecular formula is C34H27Cl2NO8. The number of fused-ring (bicyclic) bond motifs is 3. The zero-order chi connectivity index (χ0) is 31.4. The molecule has 0 aromatic heterocycles. The number of ketones is 1. The minimum atomic E-state index is -0.646. The summed E-state index contributed by atoms with van der Waals surface area (Å²) >= 11 is 12.8. The predicted molar refractivity (Wildman–Crippen MR) is 166 cm³/mol. The summed E-state index contributed by atoms with van der Waals surface area (Å²) in [6, 6.07) is 18.4. The highest BCUT2D eigenvalue weighted by Gasteiger charge is 2.53. The van der Waals surface area contributed by atoms with Gasteiger partial charge >= 0.3 is 5.97 Å². The number of anilines is 1. The van der Waals surface area contributed by atoms with Gasteiger partial charge in [0.05, 0.1) is 43.5 Å². The third-order valence-corrected chi connectivity index (χ3v) is 9.28. The van der Waals surface area contributed by atoms with E-state index in [0.29, 0.717) is 43.9 Å². The molecule has 4 aromatic rings. The number of benzene rings is 4. The number of para-hydroxylation sites is 1. The first-order valence-corrected chi connectivity index (χ1v) is 14.9. The Morgan fingerprint density at radius 1 is 0.911 bits per heavy atom. The number of esters is 1. The van der Waals surface area contributed by atoms with Gasteiger partial charge in [-0.15, -0.1) is 0 Å². The lowest BCUT2D eigenvalue weighted by Crippen LogP contribution is -2.38. The van der Waals surface area contributed by atoms with Crippen LogP contribution in [0, 0.1) is 11.8 Å². The van der Waals surface area contributed by atoms with Crippen molar-refractivity contribution in [2.45, 2.75) is 12.0 Å². The Labute approximate surface area is 268 Å². The van der Waals surface area contributed by atoms with Crippen molar-refractivity contribution >= 4 is 40.6 Å². The summed E-state index contributed by atoms with van der Waals surface area (Å²) in [5.41, 5.74) is 3.53. The van der Waals surface area contributed by atoms with E-state index in [2.05, 4.69) is 5.32 Å². The van der Waals surface area contributed by atoms with Crippen LogP contribution in [0.5, 0.6) is 28.7 Å². The molecule has 1 fully saturated rings. The Morgan fingerprint density at radius 2 is 1.58 bits per heavy atom. The van der Waals surface area contributed by atoms with Crippen LogP contribution in [0.3, 0.4) is 0 Å². The monoisotopic (exact) mass is 647 g/mol. The van der Waals surface area contributed by atoms with E-state index < -0.39 is 17.9 Å². The summed E-state index contributed by atoms with van der Waals surface area (Å²) in [4.78, 5) is 27.3. The normalized spacial score (nSPS) is 21.0. The molecule has 0 saturated carbocycles. The number of carbonyl (C=O) groups excluding carboxylic acids is 2. The van der Waals surface area contributed by atoms with Crippen molar-refractivity contribution in [2.24, 2.45) is 11.8 Å². The molecule has 1 saturated heterocycles. The lowest BCUT2D eigenvalue weighted by atomic mass is 9.65. The smallest absolute Gasteiger partial charge is 0.310 e. The molecule has 9 nitrogen and oxygen atoms in total. The molecule has 0 amide bonds. The fraction of sp³-hybridized carbons (Fsp3) is 0.235. The Kier molecular flexibility index (Phi) is 7.38. The van der Waals surface area contributed by atoms with Crippen LogP contribution in [0.15, 0.2) is 66.7 Å². The van der Waals surface area contributed by atoms with Crippen LogP contribution in [-0.2, 0) is 9.53 Å². The second kappa shape index (κ2) is 11.4. The van der Waals surface area contributed by atoms with Gasteiger partial charge in [0.2, 0.25) is 12.5 Å². The van der Waals surface area contributed by atoms with Gasteiger partial charge in [-0.05, 0) is 77.4 Å². The number of halogens is 2. The molecule has 0 radical (unpaired) electrons. The number of phenolic OH excluding ortho intramolecular Hbond substituents is 1. The van der Waals surface area contributed by atoms with Gasteiger partial charge < -0.3 is 34.1 Å². The average Bonchev–Trinajstić information content (AvgIpc) is 3.67. The quantitative estimate of drug-likeness (QED) is 0.166. The Bertz CT molecular complexity index is 1820. The molecule has 3 aliphatic rings. The van der Waals surface area contributed by atoms with Gasteiger partial charge in [-0.2, -0.15) is 0 Å². The standard InChI is InChI=1S/C34H27Cl2NO8/c1-41-26-10-17(11-27(42-2)33(26)39)28-20-12-24-25(45-15-44-24)13-21(20)30(22-14-43-34(40)29(22)28)37-31-19(4-3-5-23(31)36)32(38)16-6-8-18(35)9-7-16/h3-13,22,28-30,37,39H,14-15H2,1-2H3/t22-,28+,29-,30+/m0/s1. The molecule has 1 aliphatic carbocycles. The van der Waals surface area contributed by atoms with Crippen molar-refractivity contribution in [3.8, 4) is 28.7 Å². The molecule has 2 aliphatic heterocycles. The van der Waals surface area contributed by atoms with Gasteiger partial charge in [0.1, 0.15) is 0 Å². The molecule has 11 heteroatoms. The summed E-state index contributed by atoms with van der Waals surface area (Å²) < 4.78 is 28.1. The van der Waals surface area contributed by atoms with Gasteiger partial charge in [0.15, 0.2) is 28.8 Å². The molecule has 4 aromatic carbocycles. The molecule has 7 rings (SSSR count). The second-order valence-electron chi connectivity index (χ2n) is 11.0. The van der Waals surface area contributed by atoms with Gasteiger partial charge in [0, 0.05) is 28.0 Å². The van der Waals surface area contributed by atoms with Gasteiger partial charge in [-0.25, -0.2) is 0 Å². The number of cyclic esters (lactones) is 1. The maximum Gasteiger partial charge on any atom is 0.310 e. The number of rotatable bonds is 7. The lowest BCUT2D eigenvalue weighted by molar-refractivity contribution is -0.141. The van der Waals surface area contributed by atoms with Crippen LogP contribution < -0.4 is 24.3 Å². The number of nitrogens with one attached hydrogen (secondary N) is 1. The summed E-state index contributed by atoms with van der Waals surface area (Å²) in [6.45, 7) is 0.184. The first-order valence-electron chi connectivity index (χ1n) is 14.2. The van der Waals surface area contributed by atoms with Crippen molar-refractivity contribution in [3.63, 3.8) is 0 Å². The maximum atomic E-state index is 13.7. The summed E-state index contributed by atoms with van der Waals surface area (Å²) in [7, 11) is 2.90. The maximum absolute atomic E-state index is 13.7. The van der Waals surface area contributed by atoms with Crippen molar-refractivity contribution in [1.82, 2.24) is 0 Å². The number of methoxy groups -OCH3 is 2. The van der Waals surface area contributed by atoms with Gasteiger partial charge in [0.25, 0.3) is 0 Å². The fourth-order valence-electron chi connectivity index (χ4n) is 6.61. The van der Waals surface area contributed by atoms with E-state index >= 15 is 0 Å². The molecule has 230 valence electrons. The van der Waals surface area contributed by atoms with E-state index in [1.165, 1.54) is 14.2 Å². The predicted octanol–water partition coefficient (Wildman–Crippen LogP) is 6.76. The van der Waals surface area contributed by atoms with Crippen LogP contribution in [0.4, 0.5) is 5.69 Å². The number of carbonyl (C=O) groups is 2. The molecule has 4 atom stereocenters. The molecule has 45 heavy (non-hydrogen) atoms. The summed E-state index contributed by atoms with van der Waals surface area (Å²) in [5, 5.41) is 15.0. The first kappa shape index (κ1) is 29.1. The molecule has 2 heterocycles. The van der Waals surface area contributed by atoms with Crippen molar-refractivity contribution in [1.29, 1.82) is 0 Å². The zero-order valence-corrected chi connectivity index (χ0v) is 25.6. The van der Waals surface area contributed by atoms with Crippen molar-refractivity contribution in [3.05, 3.63) is 105 Å². The highest BCUT2D eigenvalue weighted by atomic mass is 35.5. The van der Waals surface area contributed by atoms with Crippen LogP contribution in [-0.4, -0.2) is 44.5 Å². The lowest BCUT2D eigenvalue weighted by Gasteiger charge is -2.40. The van der Waals surface area contributed by atoms with Crippen molar-refractivity contribution in [2.75, 3.05) is 32.9 Å². The fourth-order valence-corrected chi connectivity index (χ4v) is 6.97. The third-order valence-electron chi connectivity index (χ3n) is 8.71.